The first-order chi connectivity index (χ1) is 9.16. The Balaban J connectivity index is 1.91. The molecule has 0 saturated heterocycles. The van der Waals surface area contributed by atoms with Crippen LogP contribution >= 0.6 is 0 Å². The van der Waals surface area contributed by atoms with Crippen LogP contribution in [0.25, 0.3) is 5.57 Å². The maximum atomic E-state index is 11.9. The van der Waals surface area contributed by atoms with Crippen molar-refractivity contribution in [3.63, 3.8) is 0 Å². The Hall–Kier alpha value is -1.61. The first-order valence-corrected chi connectivity index (χ1v) is 6.80. The second-order valence-corrected chi connectivity index (χ2v) is 5.04. The molecule has 1 amide bonds. The Kier molecular flexibility index (Phi) is 4.74. The largest absolute Gasteiger partial charge is 0.369 e. The van der Waals surface area contributed by atoms with Crippen molar-refractivity contribution in [2.24, 2.45) is 0 Å². The van der Waals surface area contributed by atoms with Gasteiger partial charge in [-0.1, -0.05) is 36.4 Å². The summed E-state index contributed by atoms with van der Waals surface area (Å²) < 4.78 is 5.36. The molecule has 3 nitrogen and oxygen atoms in total. The van der Waals surface area contributed by atoms with Crippen LogP contribution in [0.1, 0.15) is 25.8 Å². The fourth-order valence-corrected chi connectivity index (χ4v) is 2.14. The second kappa shape index (κ2) is 6.53. The topological polar surface area (TPSA) is 29.5 Å². The molecule has 0 aromatic heterocycles. The molecule has 3 heteroatoms. The van der Waals surface area contributed by atoms with Gasteiger partial charge in [-0.3, -0.25) is 4.79 Å². The Morgan fingerprint density at radius 1 is 1.32 bits per heavy atom. The van der Waals surface area contributed by atoms with E-state index in [4.69, 9.17) is 4.74 Å². The van der Waals surface area contributed by atoms with Crippen molar-refractivity contribution in [1.82, 2.24) is 4.90 Å². The van der Waals surface area contributed by atoms with Crippen molar-refractivity contribution in [2.75, 3.05) is 19.7 Å². The van der Waals surface area contributed by atoms with Crippen molar-refractivity contribution < 1.29 is 9.53 Å². The first kappa shape index (κ1) is 13.8. The average molecular weight is 259 g/mol. The molecule has 2 rings (SSSR count). The molecular formula is C16H21NO2. The third kappa shape index (κ3) is 3.93. The maximum absolute atomic E-state index is 11.9. The number of amides is 1. The van der Waals surface area contributed by atoms with E-state index in [9.17, 15) is 4.79 Å². The van der Waals surface area contributed by atoms with Crippen LogP contribution in [0.4, 0.5) is 0 Å². The summed E-state index contributed by atoms with van der Waals surface area (Å²) in [5, 5.41) is 0. The second-order valence-electron chi connectivity index (χ2n) is 5.04. The van der Waals surface area contributed by atoms with E-state index in [2.05, 4.69) is 18.2 Å². The molecule has 102 valence electrons. The smallest absolute Gasteiger partial charge is 0.248 e. The molecule has 0 N–H and O–H groups in total. The Morgan fingerprint density at radius 3 is 2.63 bits per heavy atom. The highest BCUT2D eigenvalue weighted by molar-refractivity contribution is 5.79. The zero-order valence-electron chi connectivity index (χ0n) is 11.6. The SMILES string of the molecule is CC(C)OCC(=O)N1CC=C(c2ccccc2)CC1. The van der Waals surface area contributed by atoms with Crippen LogP contribution < -0.4 is 0 Å². The van der Waals surface area contributed by atoms with Crippen molar-refractivity contribution in [3.8, 4) is 0 Å². The quantitative estimate of drug-likeness (QED) is 0.832. The lowest BCUT2D eigenvalue weighted by molar-refractivity contribution is -0.137. The van der Waals surface area contributed by atoms with Gasteiger partial charge in [0.15, 0.2) is 0 Å². The minimum absolute atomic E-state index is 0.0806. The van der Waals surface area contributed by atoms with Crippen LogP contribution in [0.15, 0.2) is 36.4 Å². The number of hydrogen-bond donors (Lipinski definition) is 0. The summed E-state index contributed by atoms with van der Waals surface area (Å²) in [6, 6.07) is 10.3. The van der Waals surface area contributed by atoms with E-state index < -0.39 is 0 Å². The number of carbonyl (C=O) groups is 1. The van der Waals surface area contributed by atoms with Gasteiger partial charge in [0.1, 0.15) is 6.61 Å². The number of nitrogens with zero attached hydrogens (tertiary/aromatic N) is 1. The predicted molar refractivity (Wildman–Crippen MR) is 76.7 cm³/mol. The molecule has 19 heavy (non-hydrogen) atoms. The molecule has 1 aliphatic heterocycles. The summed E-state index contributed by atoms with van der Waals surface area (Å²) in [4.78, 5) is 13.8. The molecule has 0 bridgehead atoms. The lowest BCUT2D eigenvalue weighted by Gasteiger charge is -2.27. The zero-order chi connectivity index (χ0) is 13.7. The van der Waals surface area contributed by atoms with Gasteiger partial charge in [-0.25, -0.2) is 0 Å². The molecule has 1 heterocycles. The monoisotopic (exact) mass is 259 g/mol. The average Bonchev–Trinajstić information content (AvgIpc) is 2.46. The minimum Gasteiger partial charge on any atom is -0.369 e. The molecule has 1 aromatic rings. The van der Waals surface area contributed by atoms with E-state index >= 15 is 0 Å². The normalized spacial score (nSPS) is 15.5. The zero-order valence-corrected chi connectivity index (χ0v) is 11.6. The molecule has 0 aliphatic carbocycles. The van der Waals surface area contributed by atoms with Gasteiger partial charge in [-0.15, -0.1) is 0 Å². The summed E-state index contributed by atoms with van der Waals surface area (Å²) in [5.74, 6) is 0.0806. The fraction of sp³-hybridized carbons (Fsp3) is 0.438. The van der Waals surface area contributed by atoms with Crippen LogP contribution in [0.5, 0.6) is 0 Å². The van der Waals surface area contributed by atoms with Crippen molar-refractivity contribution >= 4 is 11.5 Å². The lowest BCUT2D eigenvalue weighted by Crippen LogP contribution is -2.37. The highest BCUT2D eigenvalue weighted by Gasteiger charge is 2.18. The van der Waals surface area contributed by atoms with E-state index in [-0.39, 0.29) is 18.6 Å². The molecule has 0 spiro atoms. The Labute approximate surface area is 114 Å². The van der Waals surface area contributed by atoms with Crippen LogP contribution in [0.2, 0.25) is 0 Å². The van der Waals surface area contributed by atoms with E-state index in [1.54, 1.807) is 0 Å². The molecule has 1 aromatic carbocycles. The van der Waals surface area contributed by atoms with Gasteiger partial charge in [0, 0.05) is 13.1 Å². The molecule has 0 fully saturated rings. The lowest BCUT2D eigenvalue weighted by atomic mass is 10.00. The Morgan fingerprint density at radius 2 is 2.05 bits per heavy atom. The van der Waals surface area contributed by atoms with Crippen LogP contribution in [0, 0.1) is 0 Å². The standard InChI is InChI=1S/C16H21NO2/c1-13(2)19-12-16(18)17-10-8-15(9-11-17)14-6-4-3-5-7-14/h3-8,13H,9-12H2,1-2H3. The van der Waals surface area contributed by atoms with E-state index in [0.29, 0.717) is 6.54 Å². The summed E-state index contributed by atoms with van der Waals surface area (Å²) >= 11 is 0. The molecular weight excluding hydrogens is 238 g/mol. The Bertz CT molecular complexity index is 451. The summed E-state index contributed by atoms with van der Waals surface area (Å²) in [5.41, 5.74) is 2.59. The summed E-state index contributed by atoms with van der Waals surface area (Å²) in [7, 11) is 0. The van der Waals surface area contributed by atoms with Crippen LogP contribution in [-0.4, -0.2) is 36.6 Å². The fourth-order valence-electron chi connectivity index (χ4n) is 2.14. The van der Waals surface area contributed by atoms with Gasteiger partial charge in [0.2, 0.25) is 5.91 Å². The van der Waals surface area contributed by atoms with Gasteiger partial charge in [0.05, 0.1) is 6.10 Å². The minimum atomic E-state index is 0.0806. The number of hydrogen-bond acceptors (Lipinski definition) is 2. The first-order valence-electron chi connectivity index (χ1n) is 6.80. The van der Waals surface area contributed by atoms with Gasteiger partial charge in [-0.2, -0.15) is 0 Å². The van der Waals surface area contributed by atoms with Gasteiger partial charge < -0.3 is 9.64 Å². The molecule has 0 radical (unpaired) electrons. The van der Waals surface area contributed by atoms with Gasteiger partial charge in [0.25, 0.3) is 0 Å². The molecule has 0 unspecified atom stereocenters. The molecule has 0 atom stereocenters. The van der Waals surface area contributed by atoms with E-state index in [1.807, 2.05) is 36.9 Å². The van der Waals surface area contributed by atoms with Crippen molar-refractivity contribution in [1.29, 1.82) is 0 Å². The van der Waals surface area contributed by atoms with Gasteiger partial charge >= 0.3 is 0 Å². The molecule has 1 aliphatic rings. The third-order valence-electron chi connectivity index (χ3n) is 3.25. The number of rotatable bonds is 4. The summed E-state index contributed by atoms with van der Waals surface area (Å²) in [6.07, 6.45) is 3.16. The van der Waals surface area contributed by atoms with E-state index in [1.165, 1.54) is 11.1 Å². The van der Waals surface area contributed by atoms with Crippen LogP contribution in [-0.2, 0) is 9.53 Å². The van der Waals surface area contributed by atoms with Crippen molar-refractivity contribution in [3.05, 3.63) is 42.0 Å². The number of carbonyl (C=O) groups excluding carboxylic acids is 1. The predicted octanol–water partition coefficient (Wildman–Crippen LogP) is 2.73. The van der Waals surface area contributed by atoms with Gasteiger partial charge in [-0.05, 0) is 31.4 Å². The number of benzene rings is 1. The number of ether oxygens (including phenoxy) is 1. The van der Waals surface area contributed by atoms with E-state index in [0.717, 1.165) is 13.0 Å². The highest BCUT2D eigenvalue weighted by Crippen LogP contribution is 2.21. The third-order valence-corrected chi connectivity index (χ3v) is 3.25. The summed E-state index contributed by atoms with van der Waals surface area (Å²) in [6.45, 7) is 5.53. The maximum Gasteiger partial charge on any atom is 0.248 e. The van der Waals surface area contributed by atoms with Crippen LogP contribution in [0.3, 0.4) is 0 Å². The van der Waals surface area contributed by atoms with Crippen molar-refractivity contribution in [2.45, 2.75) is 26.4 Å². The highest BCUT2D eigenvalue weighted by atomic mass is 16.5. The molecule has 0 saturated carbocycles.